The second kappa shape index (κ2) is 7.18. The first kappa shape index (κ1) is 16.7. The van der Waals surface area contributed by atoms with Gasteiger partial charge in [0, 0.05) is 24.2 Å². The highest BCUT2D eigenvalue weighted by Crippen LogP contribution is 2.23. The minimum Gasteiger partial charge on any atom is -0.335 e. The minimum absolute atomic E-state index is 0.134. The van der Waals surface area contributed by atoms with E-state index in [0.717, 1.165) is 42.5 Å². The Hall–Kier alpha value is -2.13. The molecule has 3 nitrogen and oxygen atoms in total. The van der Waals surface area contributed by atoms with E-state index in [4.69, 9.17) is 5.73 Å². The molecule has 0 unspecified atom stereocenters. The van der Waals surface area contributed by atoms with Gasteiger partial charge >= 0.3 is 0 Å². The summed E-state index contributed by atoms with van der Waals surface area (Å²) in [5, 5.41) is 0. The van der Waals surface area contributed by atoms with Gasteiger partial charge < -0.3 is 10.6 Å². The number of carbonyl (C=O) groups is 1. The fourth-order valence-corrected chi connectivity index (χ4v) is 3.69. The van der Waals surface area contributed by atoms with E-state index in [-0.39, 0.29) is 18.0 Å². The Kier molecular flexibility index (Phi) is 5.00. The maximum Gasteiger partial charge on any atom is 0.254 e. The van der Waals surface area contributed by atoms with E-state index in [0.29, 0.717) is 0 Å². The fraction of sp³-hybridized carbons (Fsp3) is 0.381. The number of amides is 1. The number of likely N-dealkylation sites (tertiary alicyclic amines) is 1. The second-order valence-corrected chi connectivity index (χ2v) is 7.00. The van der Waals surface area contributed by atoms with E-state index in [1.807, 2.05) is 49.1 Å². The number of carbonyl (C=O) groups excluding carboxylic acids is 1. The van der Waals surface area contributed by atoms with Gasteiger partial charge in [-0.1, -0.05) is 47.5 Å². The van der Waals surface area contributed by atoms with Gasteiger partial charge in [-0.25, -0.2) is 0 Å². The van der Waals surface area contributed by atoms with Crippen LogP contribution in [-0.2, 0) is 6.42 Å². The molecule has 24 heavy (non-hydrogen) atoms. The molecule has 1 saturated heterocycles. The summed E-state index contributed by atoms with van der Waals surface area (Å²) >= 11 is 0. The van der Waals surface area contributed by atoms with Gasteiger partial charge in [-0.05, 0) is 50.8 Å². The zero-order chi connectivity index (χ0) is 17.1. The van der Waals surface area contributed by atoms with Crippen molar-refractivity contribution in [2.24, 2.45) is 5.73 Å². The monoisotopic (exact) mass is 322 g/mol. The summed E-state index contributed by atoms with van der Waals surface area (Å²) in [5.74, 6) is 0.134. The molecule has 1 amide bonds. The van der Waals surface area contributed by atoms with Gasteiger partial charge in [-0.15, -0.1) is 0 Å². The number of nitrogens with zero attached hydrogens (tertiary/aromatic N) is 1. The third-order valence-corrected chi connectivity index (χ3v) is 4.80. The summed E-state index contributed by atoms with van der Waals surface area (Å²) in [5.41, 5.74) is 10.5. The molecule has 0 spiro atoms. The molecule has 1 heterocycles. The lowest BCUT2D eigenvalue weighted by Crippen LogP contribution is -2.50. The van der Waals surface area contributed by atoms with Crippen LogP contribution in [0.3, 0.4) is 0 Å². The number of hydrogen-bond donors (Lipinski definition) is 1. The maximum absolute atomic E-state index is 13.1. The van der Waals surface area contributed by atoms with Crippen molar-refractivity contribution >= 4 is 5.91 Å². The van der Waals surface area contributed by atoms with Crippen LogP contribution in [0.5, 0.6) is 0 Å². The predicted octanol–water partition coefficient (Wildman–Crippen LogP) is 3.48. The molecule has 1 aliphatic rings. The SMILES string of the molecule is Cc1cc(C)cc(C(=O)N2CC[C@@H](N)C[C@@H]2Cc2ccccc2)c1. The van der Waals surface area contributed by atoms with E-state index in [9.17, 15) is 4.79 Å². The molecular formula is C21H26N2O. The highest BCUT2D eigenvalue weighted by Gasteiger charge is 2.30. The van der Waals surface area contributed by atoms with Crippen molar-refractivity contribution in [2.45, 2.75) is 45.2 Å². The van der Waals surface area contributed by atoms with E-state index in [1.54, 1.807) is 0 Å². The highest BCUT2D eigenvalue weighted by atomic mass is 16.2. The van der Waals surface area contributed by atoms with Crippen molar-refractivity contribution in [3.63, 3.8) is 0 Å². The first-order chi connectivity index (χ1) is 11.5. The summed E-state index contributed by atoms with van der Waals surface area (Å²) < 4.78 is 0. The molecule has 0 radical (unpaired) electrons. The van der Waals surface area contributed by atoms with Crippen LogP contribution in [0.25, 0.3) is 0 Å². The summed E-state index contributed by atoms with van der Waals surface area (Å²) in [4.78, 5) is 15.1. The summed E-state index contributed by atoms with van der Waals surface area (Å²) in [6.07, 6.45) is 2.61. The summed E-state index contributed by atoms with van der Waals surface area (Å²) in [7, 11) is 0. The first-order valence-corrected chi connectivity index (χ1v) is 8.71. The third-order valence-electron chi connectivity index (χ3n) is 4.80. The van der Waals surface area contributed by atoms with Gasteiger partial charge in [0.15, 0.2) is 0 Å². The van der Waals surface area contributed by atoms with Gasteiger partial charge in [0.05, 0.1) is 0 Å². The van der Waals surface area contributed by atoms with Gasteiger partial charge in [-0.2, -0.15) is 0 Å². The van der Waals surface area contributed by atoms with Gasteiger partial charge in [0.1, 0.15) is 0 Å². The maximum atomic E-state index is 13.1. The van der Waals surface area contributed by atoms with Crippen LogP contribution >= 0.6 is 0 Å². The second-order valence-electron chi connectivity index (χ2n) is 7.00. The Morgan fingerprint density at radius 1 is 1.12 bits per heavy atom. The molecule has 1 aliphatic heterocycles. The normalized spacial score (nSPS) is 20.9. The van der Waals surface area contributed by atoms with Crippen LogP contribution in [0.2, 0.25) is 0 Å². The molecular weight excluding hydrogens is 296 g/mol. The Labute approximate surface area is 144 Å². The van der Waals surface area contributed by atoms with Crippen LogP contribution < -0.4 is 5.73 Å². The molecule has 0 aliphatic carbocycles. The molecule has 0 aromatic heterocycles. The summed E-state index contributed by atoms with van der Waals surface area (Å²) in [6.45, 7) is 4.82. The number of aryl methyl sites for hydroxylation is 2. The third kappa shape index (κ3) is 3.85. The van der Waals surface area contributed by atoms with E-state index in [2.05, 4.69) is 18.2 Å². The van der Waals surface area contributed by atoms with Crippen LogP contribution in [0.4, 0.5) is 0 Å². The van der Waals surface area contributed by atoms with Gasteiger partial charge in [-0.3, -0.25) is 4.79 Å². The van der Waals surface area contributed by atoms with Crippen LogP contribution in [-0.4, -0.2) is 29.4 Å². The van der Waals surface area contributed by atoms with Crippen molar-refractivity contribution in [2.75, 3.05) is 6.54 Å². The average molecular weight is 322 g/mol. The molecule has 3 heteroatoms. The van der Waals surface area contributed by atoms with Crippen LogP contribution in [0.1, 0.15) is 39.9 Å². The molecule has 2 atom stereocenters. The molecule has 126 valence electrons. The van der Waals surface area contributed by atoms with E-state index >= 15 is 0 Å². The molecule has 0 bridgehead atoms. The Balaban J connectivity index is 1.84. The Bertz CT molecular complexity index is 691. The zero-order valence-corrected chi connectivity index (χ0v) is 14.5. The first-order valence-electron chi connectivity index (χ1n) is 8.71. The fourth-order valence-electron chi connectivity index (χ4n) is 3.69. The standard InChI is InChI=1S/C21H26N2O/c1-15-10-16(2)12-18(11-15)21(24)23-9-8-19(22)14-20(23)13-17-6-4-3-5-7-17/h3-7,10-12,19-20H,8-9,13-14,22H2,1-2H3/t19-,20+/m1/s1. The molecule has 3 rings (SSSR count). The largest absolute Gasteiger partial charge is 0.335 e. The molecule has 2 aromatic carbocycles. The number of piperidine rings is 1. The number of rotatable bonds is 3. The Morgan fingerprint density at radius 3 is 2.46 bits per heavy atom. The van der Waals surface area contributed by atoms with Crippen molar-refractivity contribution < 1.29 is 4.79 Å². The van der Waals surface area contributed by atoms with Gasteiger partial charge in [0.25, 0.3) is 5.91 Å². The van der Waals surface area contributed by atoms with Crippen molar-refractivity contribution in [1.82, 2.24) is 4.90 Å². The lowest BCUT2D eigenvalue weighted by atomic mass is 9.91. The average Bonchev–Trinajstić information content (AvgIpc) is 2.54. The summed E-state index contributed by atoms with van der Waals surface area (Å²) in [6, 6.07) is 16.8. The lowest BCUT2D eigenvalue weighted by molar-refractivity contribution is 0.0595. The number of hydrogen-bond acceptors (Lipinski definition) is 2. The smallest absolute Gasteiger partial charge is 0.254 e. The Morgan fingerprint density at radius 2 is 1.79 bits per heavy atom. The lowest BCUT2D eigenvalue weighted by Gasteiger charge is -2.38. The molecule has 2 aromatic rings. The number of benzene rings is 2. The quantitative estimate of drug-likeness (QED) is 0.940. The van der Waals surface area contributed by atoms with Crippen LogP contribution in [0.15, 0.2) is 48.5 Å². The minimum atomic E-state index is 0.134. The van der Waals surface area contributed by atoms with E-state index in [1.165, 1.54) is 5.56 Å². The van der Waals surface area contributed by atoms with Crippen molar-refractivity contribution in [3.05, 3.63) is 70.8 Å². The highest BCUT2D eigenvalue weighted by molar-refractivity contribution is 5.95. The van der Waals surface area contributed by atoms with Crippen LogP contribution in [0, 0.1) is 13.8 Å². The van der Waals surface area contributed by atoms with E-state index < -0.39 is 0 Å². The number of nitrogens with two attached hydrogens (primary N) is 1. The van der Waals surface area contributed by atoms with Crippen molar-refractivity contribution in [3.8, 4) is 0 Å². The molecule has 2 N–H and O–H groups in total. The predicted molar refractivity (Wildman–Crippen MR) is 98.1 cm³/mol. The van der Waals surface area contributed by atoms with Gasteiger partial charge in [0.2, 0.25) is 0 Å². The van der Waals surface area contributed by atoms with Crippen molar-refractivity contribution in [1.29, 1.82) is 0 Å². The molecule has 1 fully saturated rings. The molecule has 0 saturated carbocycles. The topological polar surface area (TPSA) is 46.3 Å². The zero-order valence-electron chi connectivity index (χ0n) is 14.5.